The number of pyridine rings is 1. The van der Waals surface area contributed by atoms with Crippen molar-refractivity contribution in [2.75, 3.05) is 18.5 Å². The van der Waals surface area contributed by atoms with Crippen LogP contribution >= 0.6 is 0 Å². The molecule has 0 bridgehead atoms. The molecule has 0 unspecified atom stereocenters. The number of anilines is 1. The highest BCUT2D eigenvalue weighted by atomic mass is 16.5. The van der Waals surface area contributed by atoms with Crippen LogP contribution in [0, 0.1) is 0 Å². The minimum atomic E-state index is -0.374. The minimum absolute atomic E-state index is 0.190. The van der Waals surface area contributed by atoms with Gasteiger partial charge in [0.25, 0.3) is 12.4 Å². The van der Waals surface area contributed by atoms with E-state index < -0.39 is 0 Å². The van der Waals surface area contributed by atoms with Gasteiger partial charge in [-0.3, -0.25) is 24.4 Å². The number of nitrogens with one attached hydrogen (secondary N) is 2. The first-order valence-corrected chi connectivity index (χ1v) is 9.71. The zero-order valence-electron chi connectivity index (χ0n) is 17.3. The number of hydrogen-bond donors (Lipinski definition) is 3. The van der Waals surface area contributed by atoms with E-state index in [1.54, 1.807) is 41.6 Å². The van der Waals surface area contributed by atoms with Crippen LogP contribution in [-0.2, 0) is 16.1 Å². The van der Waals surface area contributed by atoms with Gasteiger partial charge in [-0.2, -0.15) is 10.2 Å². The lowest BCUT2D eigenvalue weighted by Crippen LogP contribution is -2.11. The number of amides is 1. The highest BCUT2D eigenvalue weighted by molar-refractivity contribution is 6.04. The van der Waals surface area contributed by atoms with Crippen LogP contribution in [0.15, 0.2) is 59.5 Å². The summed E-state index contributed by atoms with van der Waals surface area (Å²) in [5, 5.41) is 20.9. The van der Waals surface area contributed by atoms with Crippen molar-refractivity contribution in [1.29, 1.82) is 0 Å². The molecule has 4 heterocycles. The Morgan fingerprint density at radius 3 is 2.88 bits per heavy atom. The second-order valence-corrected chi connectivity index (χ2v) is 6.28. The van der Waals surface area contributed by atoms with Crippen LogP contribution in [0.2, 0.25) is 0 Å². The molecule has 1 amide bonds. The lowest BCUT2D eigenvalue weighted by atomic mass is 10.2. The second kappa shape index (κ2) is 11.2. The van der Waals surface area contributed by atoms with E-state index >= 15 is 0 Å². The van der Waals surface area contributed by atoms with E-state index in [0.29, 0.717) is 42.6 Å². The zero-order valence-corrected chi connectivity index (χ0v) is 17.3. The molecule has 32 heavy (non-hydrogen) atoms. The van der Waals surface area contributed by atoms with E-state index in [-0.39, 0.29) is 18.1 Å². The van der Waals surface area contributed by atoms with Gasteiger partial charge < -0.3 is 19.6 Å². The number of furan rings is 1. The fourth-order valence-electron chi connectivity index (χ4n) is 2.81. The Morgan fingerprint density at radius 2 is 2.19 bits per heavy atom. The molecule has 0 spiro atoms. The van der Waals surface area contributed by atoms with E-state index in [2.05, 4.69) is 25.6 Å². The van der Waals surface area contributed by atoms with Crippen LogP contribution in [0.1, 0.15) is 17.5 Å². The second-order valence-electron chi connectivity index (χ2n) is 6.28. The Bertz CT molecular complexity index is 1120. The Kier molecular flexibility index (Phi) is 7.87. The van der Waals surface area contributed by atoms with Gasteiger partial charge in [-0.1, -0.05) is 6.07 Å². The Hall–Kier alpha value is -4.25. The number of ether oxygens (including phenoxy) is 1. The zero-order chi connectivity index (χ0) is 22.8. The van der Waals surface area contributed by atoms with Gasteiger partial charge in [-0.05, 0) is 31.2 Å². The van der Waals surface area contributed by atoms with E-state index in [1.165, 1.54) is 0 Å². The molecule has 0 radical (unpaired) electrons. The number of aromatic amines is 1. The van der Waals surface area contributed by atoms with Crippen LogP contribution in [0.3, 0.4) is 0 Å². The SMILES string of the molecule is CCOCCn1cc(NC(=O)c2ccc(-c3cn[nH]c3)o2)c(-c2ccccn2)n1.O=CO. The summed E-state index contributed by atoms with van der Waals surface area (Å²) in [4.78, 5) is 25.4. The maximum Gasteiger partial charge on any atom is 0.291 e. The highest BCUT2D eigenvalue weighted by Gasteiger charge is 2.18. The molecule has 0 fully saturated rings. The van der Waals surface area contributed by atoms with E-state index in [4.69, 9.17) is 19.1 Å². The largest absolute Gasteiger partial charge is 0.483 e. The fraction of sp³-hybridized carbons (Fsp3) is 0.190. The molecule has 11 heteroatoms. The molecule has 3 N–H and O–H groups in total. The third kappa shape index (κ3) is 5.67. The summed E-state index contributed by atoms with van der Waals surface area (Å²) in [6.07, 6.45) is 6.77. The molecule has 0 aromatic carbocycles. The van der Waals surface area contributed by atoms with Crippen LogP contribution in [0.25, 0.3) is 22.7 Å². The summed E-state index contributed by atoms with van der Waals surface area (Å²) in [6.45, 7) is 3.42. The average molecular weight is 438 g/mol. The summed E-state index contributed by atoms with van der Waals surface area (Å²) in [5.41, 5.74) is 2.56. The molecule has 0 aliphatic heterocycles. The van der Waals surface area contributed by atoms with E-state index in [9.17, 15) is 4.79 Å². The molecule has 4 aromatic rings. The molecule has 166 valence electrons. The number of carboxylic acid groups (broad SMARTS) is 1. The third-order valence-electron chi connectivity index (χ3n) is 4.20. The predicted octanol–water partition coefficient (Wildman–Crippen LogP) is 2.92. The molecular formula is C21H22N6O5. The Morgan fingerprint density at radius 1 is 1.34 bits per heavy atom. The maximum atomic E-state index is 12.7. The first-order valence-electron chi connectivity index (χ1n) is 9.71. The van der Waals surface area contributed by atoms with Crippen molar-refractivity contribution < 1.29 is 23.8 Å². The molecule has 0 atom stereocenters. The normalized spacial score (nSPS) is 10.3. The fourth-order valence-corrected chi connectivity index (χ4v) is 2.81. The summed E-state index contributed by atoms with van der Waals surface area (Å²) < 4.78 is 12.8. The molecule has 11 nitrogen and oxygen atoms in total. The maximum absolute atomic E-state index is 12.7. The number of carbonyl (C=O) groups excluding carboxylic acids is 1. The average Bonchev–Trinajstić information content (AvgIpc) is 3.56. The molecular weight excluding hydrogens is 416 g/mol. The Balaban J connectivity index is 0.000000913. The molecule has 0 saturated carbocycles. The van der Waals surface area contributed by atoms with Crippen molar-refractivity contribution in [2.45, 2.75) is 13.5 Å². The summed E-state index contributed by atoms with van der Waals surface area (Å²) in [7, 11) is 0. The first-order chi connectivity index (χ1) is 15.7. The van der Waals surface area contributed by atoms with Crippen molar-refractivity contribution in [3.05, 3.63) is 60.9 Å². The molecule has 4 rings (SSSR count). The van der Waals surface area contributed by atoms with Gasteiger partial charge in [0.15, 0.2) is 5.76 Å². The number of aromatic nitrogens is 5. The Labute approximate surface area is 183 Å². The van der Waals surface area contributed by atoms with Gasteiger partial charge in [0.2, 0.25) is 0 Å². The van der Waals surface area contributed by atoms with Crippen molar-refractivity contribution >= 4 is 18.1 Å². The molecule has 0 aliphatic carbocycles. The van der Waals surface area contributed by atoms with Crippen molar-refractivity contribution in [1.82, 2.24) is 25.0 Å². The van der Waals surface area contributed by atoms with Gasteiger partial charge in [-0.25, -0.2) is 0 Å². The first kappa shape index (κ1) is 22.4. The van der Waals surface area contributed by atoms with Crippen LogP contribution in [0.4, 0.5) is 5.69 Å². The molecule has 4 aromatic heterocycles. The number of nitrogens with zero attached hydrogens (tertiary/aromatic N) is 4. The third-order valence-corrected chi connectivity index (χ3v) is 4.20. The number of carbonyl (C=O) groups is 2. The number of rotatable bonds is 8. The molecule has 0 saturated heterocycles. The van der Waals surface area contributed by atoms with Gasteiger partial charge in [0, 0.05) is 25.2 Å². The lowest BCUT2D eigenvalue weighted by molar-refractivity contribution is -0.122. The topological polar surface area (TPSA) is 148 Å². The van der Waals surface area contributed by atoms with E-state index in [0.717, 1.165) is 5.56 Å². The summed E-state index contributed by atoms with van der Waals surface area (Å²) >= 11 is 0. The summed E-state index contributed by atoms with van der Waals surface area (Å²) in [5.74, 6) is 0.373. The summed E-state index contributed by atoms with van der Waals surface area (Å²) in [6, 6.07) is 8.89. The number of H-pyrrole nitrogens is 1. The van der Waals surface area contributed by atoms with Crippen molar-refractivity contribution in [3.8, 4) is 22.7 Å². The minimum Gasteiger partial charge on any atom is -0.483 e. The smallest absolute Gasteiger partial charge is 0.291 e. The quantitative estimate of drug-likeness (QED) is 0.281. The predicted molar refractivity (Wildman–Crippen MR) is 115 cm³/mol. The standard InChI is InChI=1S/C20H20N6O3.CH2O2/c1-2-28-10-9-26-13-16(19(25-26)15-5-3-4-8-21-15)24-20(27)18-7-6-17(29-18)14-11-22-23-12-14;2-1-3/h3-8,11-13H,2,9-10H2,1H3,(H,22,23)(H,24,27);1H,(H,2,3). The van der Waals surface area contributed by atoms with Gasteiger partial charge in [-0.15, -0.1) is 0 Å². The van der Waals surface area contributed by atoms with Crippen LogP contribution in [0.5, 0.6) is 0 Å². The number of hydrogen-bond acceptors (Lipinski definition) is 7. The monoisotopic (exact) mass is 438 g/mol. The highest BCUT2D eigenvalue weighted by Crippen LogP contribution is 2.26. The van der Waals surface area contributed by atoms with Crippen molar-refractivity contribution in [2.24, 2.45) is 0 Å². The van der Waals surface area contributed by atoms with Crippen LogP contribution < -0.4 is 5.32 Å². The van der Waals surface area contributed by atoms with E-state index in [1.807, 2.05) is 25.1 Å². The lowest BCUT2D eigenvalue weighted by Gasteiger charge is -2.03. The molecule has 0 aliphatic rings. The van der Waals surface area contributed by atoms with Crippen molar-refractivity contribution in [3.63, 3.8) is 0 Å². The van der Waals surface area contributed by atoms with Gasteiger partial charge in [0.1, 0.15) is 11.5 Å². The van der Waals surface area contributed by atoms with Crippen LogP contribution in [-0.4, -0.2) is 55.7 Å². The van der Waals surface area contributed by atoms with Gasteiger partial charge >= 0.3 is 0 Å². The van der Waals surface area contributed by atoms with Gasteiger partial charge in [0.05, 0.1) is 36.3 Å².